The molecule has 1 N–H and O–H groups in total. The minimum Gasteiger partial charge on any atom is -0.369 e. The lowest BCUT2D eigenvalue weighted by molar-refractivity contribution is -0.121. The Kier molecular flexibility index (Phi) is 6.16. The number of amides is 1. The maximum Gasteiger partial charge on any atom is 0.242 e. The van der Waals surface area contributed by atoms with E-state index >= 15 is 0 Å². The molecule has 2 aliphatic heterocycles. The van der Waals surface area contributed by atoms with Crippen molar-refractivity contribution in [3.63, 3.8) is 0 Å². The van der Waals surface area contributed by atoms with E-state index in [-0.39, 0.29) is 11.9 Å². The van der Waals surface area contributed by atoms with Crippen LogP contribution >= 0.6 is 0 Å². The second-order valence-electron chi connectivity index (χ2n) is 8.01. The third-order valence-corrected chi connectivity index (χ3v) is 6.37. The molecule has 5 heteroatoms. The first kappa shape index (κ1) is 19.9. The molecule has 5 nitrogen and oxygen atoms in total. The topological polar surface area (TPSA) is 38.8 Å². The highest BCUT2D eigenvalue weighted by Gasteiger charge is 2.30. The Hall–Kier alpha value is -2.37. The molecule has 2 aliphatic rings. The largest absolute Gasteiger partial charge is 0.369 e. The van der Waals surface area contributed by atoms with Crippen LogP contribution in [0.15, 0.2) is 48.5 Å². The van der Waals surface area contributed by atoms with E-state index in [1.54, 1.807) is 0 Å². The van der Waals surface area contributed by atoms with Gasteiger partial charge in [0.05, 0.1) is 6.04 Å². The molecule has 1 unspecified atom stereocenters. The zero-order chi connectivity index (χ0) is 20.2. The van der Waals surface area contributed by atoms with Gasteiger partial charge in [0.1, 0.15) is 0 Å². The van der Waals surface area contributed by atoms with E-state index < -0.39 is 0 Å². The van der Waals surface area contributed by atoms with Crippen LogP contribution < -0.4 is 10.2 Å². The molecule has 154 valence electrons. The van der Waals surface area contributed by atoms with Gasteiger partial charge in [0.2, 0.25) is 5.91 Å². The number of nitrogens with zero attached hydrogens (tertiary/aromatic N) is 3. The van der Waals surface area contributed by atoms with Gasteiger partial charge in [0.15, 0.2) is 0 Å². The molecule has 1 saturated heterocycles. The molecule has 1 fully saturated rings. The maximum atomic E-state index is 13.0. The van der Waals surface area contributed by atoms with Crippen molar-refractivity contribution in [3.05, 3.63) is 59.7 Å². The van der Waals surface area contributed by atoms with Crippen LogP contribution in [0.25, 0.3) is 0 Å². The van der Waals surface area contributed by atoms with E-state index in [0.29, 0.717) is 0 Å². The first-order chi connectivity index (χ1) is 14.2. The molecule has 0 aliphatic carbocycles. The van der Waals surface area contributed by atoms with Gasteiger partial charge in [0.25, 0.3) is 0 Å². The molecule has 0 radical (unpaired) electrons. The Morgan fingerprint density at radius 3 is 2.28 bits per heavy atom. The van der Waals surface area contributed by atoms with Gasteiger partial charge in [-0.3, -0.25) is 9.69 Å². The van der Waals surface area contributed by atoms with Crippen molar-refractivity contribution >= 4 is 17.3 Å². The van der Waals surface area contributed by atoms with E-state index in [0.717, 1.165) is 57.9 Å². The van der Waals surface area contributed by atoms with Crippen molar-refractivity contribution in [2.75, 3.05) is 49.5 Å². The van der Waals surface area contributed by atoms with E-state index in [9.17, 15) is 4.79 Å². The van der Waals surface area contributed by atoms with Crippen LogP contribution in [0, 0.1) is 0 Å². The molecule has 0 saturated carbocycles. The molecule has 0 aromatic heterocycles. The Labute approximate surface area is 174 Å². The molecule has 2 aromatic carbocycles. The molecule has 0 spiro atoms. The van der Waals surface area contributed by atoms with Gasteiger partial charge < -0.3 is 15.1 Å². The average molecular weight is 393 g/mol. The van der Waals surface area contributed by atoms with Crippen molar-refractivity contribution in [1.29, 1.82) is 0 Å². The standard InChI is InChI=1S/C24H32N4O/c1-3-26-13-15-28(16-14-26)22-11-9-21(10-12-22)25-24(29)23-17-19-7-5-6-8-20(19)18-27(23)4-2/h5-12,23H,3-4,13-18H2,1-2H3,(H,25,29). The average Bonchev–Trinajstić information content (AvgIpc) is 2.78. The minimum absolute atomic E-state index is 0.0886. The van der Waals surface area contributed by atoms with E-state index in [2.05, 4.69) is 70.3 Å². The van der Waals surface area contributed by atoms with Crippen LogP contribution in [-0.2, 0) is 17.8 Å². The van der Waals surface area contributed by atoms with Crippen LogP contribution in [0.2, 0.25) is 0 Å². The van der Waals surface area contributed by atoms with Gasteiger partial charge in [-0.05, 0) is 54.9 Å². The molecular weight excluding hydrogens is 360 g/mol. The van der Waals surface area contributed by atoms with Crippen molar-refractivity contribution in [2.24, 2.45) is 0 Å². The summed E-state index contributed by atoms with van der Waals surface area (Å²) in [5, 5.41) is 3.15. The quantitative estimate of drug-likeness (QED) is 0.848. The minimum atomic E-state index is -0.114. The SMILES string of the molecule is CCN1CCN(c2ccc(NC(=O)C3Cc4ccccc4CN3CC)cc2)CC1. The zero-order valence-electron chi connectivity index (χ0n) is 17.6. The highest BCUT2D eigenvalue weighted by molar-refractivity contribution is 5.95. The summed E-state index contributed by atoms with van der Waals surface area (Å²) in [6.45, 7) is 11.5. The van der Waals surface area contributed by atoms with Gasteiger partial charge in [-0.1, -0.05) is 38.1 Å². The molecule has 1 atom stereocenters. The number of carbonyl (C=O) groups is 1. The van der Waals surface area contributed by atoms with Crippen LogP contribution in [-0.4, -0.2) is 61.0 Å². The van der Waals surface area contributed by atoms with Gasteiger partial charge >= 0.3 is 0 Å². The lowest BCUT2D eigenvalue weighted by atomic mass is 9.93. The zero-order valence-corrected chi connectivity index (χ0v) is 17.6. The molecule has 29 heavy (non-hydrogen) atoms. The van der Waals surface area contributed by atoms with Crippen molar-refractivity contribution in [1.82, 2.24) is 9.80 Å². The second kappa shape index (κ2) is 8.97. The Morgan fingerprint density at radius 1 is 0.931 bits per heavy atom. The monoisotopic (exact) mass is 392 g/mol. The number of hydrogen-bond acceptors (Lipinski definition) is 4. The molecule has 1 amide bonds. The number of piperazine rings is 1. The lowest BCUT2D eigenvalue weighted by Gasteiger charge is -2.36. The van der Waals surface area contributed by atoms with Gasteiger partial charge in [-0.15, -0.1) is 0 Å². The summed E-state index contributed by atoms with van der Waals surface area (Å²) in [6, 6.07) is 16.7. The lowest BCUT2D eigenvalue weighted by Crippen LogP contribution is -2.47. The van der Waals surface area contributed by atoms with Crippen molar-refractivity contribution in [2.45, 2.75) is 32.9 Å². The fourth-order valence-corrected chi connectivity index (χ4v) is 4.47. The van der Waals surface area contributed by atoms with Gasteiger partial charge in [0, 0.05) is 44.1 Å². The number of benzene rings is 2. The number of fused-ring (bicyclic) bond motifs is 1. The molecule has 2 aromatic rings. The Bertz CT molecular complexity index is 827. The highest BCUT2D eigenvalue weighted by atomic mass is 16.2. The summed E-state index contributed by atoms with van der Waals surface area (Å²) in [6.07, 6.45) is 0.773. The third kappa shape index (κ3) is 4.46. The van der Waals surface area contributed by atoms with Crippen LogP contribution in [0.1, 0.15) is 25.0 Å². The molecular formula is C24H32N4O. The smallest absolute Gasteiger partial charge is 0.242 e. The normalized spacial score (nSPS) is 20.3. The summed E-state index contributed by atoms with van der Waals surface area (Å²) in [5.41, 5.74) is 4.74. The molecule has 2 heterocycles. The maximum absolute atomic E-state index is 13.0. The van der Waals surface area contributed by atoms with Gasteiger partial charge in [-0.25, -0.2) is 0 Å². The van der Waals surface area contributed by atoms with E-state index in [4.69, 9.17) is 0 Å². The first-order valence-corrected chi connectivity index (χ1v) is 10.9. The van der Waals surface area contributed by atoms with Crippen LogP contribution in [0.3, 0.4) is 0 Å². The van der Waals surface area contributed by atoms with E-state index in [1.807, 2.05) is 12.1 Å². The summed E-state index contributed by atoms with van der Waals surface area (Å²) >= 11 is 0. The highest BCUT2D eigenvalue weighted by Crippen LogP contribution is 2.25. The first-order valence-electron chi connectivity index (χ1n) is 10.9. The third-order valence-electron chi connectivity index (χ3n) is 6.37. The number of carbonyl (C=O) groups excluding carboxylic acids is 1. The second-order valence-corrected chi connectivity index (χ2v) is 8.01. The molecule has 0 bridgehead atoms. The number of rotatable bonds is 5. The number of nitrogens with one attached hydrogen (secondary N) is 1. The fourth-order valence-electron chi connectivity index (χ4n) is 4.47. The summed E-state index contributed by atoms with van der Waals surface area (Å²) < 4.78 is 0. The van der Waals surface area contributed by atoms with Crippen LogP contribution in [0.4, 0.5) is 11.4 Å². The summed E-state index contributed by atoms with van der Waals surface area (Å²) in [7, 11) is 0. The number of anilines is 2. The Morgan fingerprint density at radius 2 is 1.62 bits per heavy atom. The van der Waals surface area contributed by atoms with Crippen LogP contribution in [0.5, 0.6) is 0 Å². The summed E-state index contributed by atoms with van der Waals surface area (Å²) in [4.78, 5) is 20.2. The number of hydrogen-bond donors (Lipinski definition) is 1. The van der Waals surface area contributed by atoms with Gasteiger partial charge in [-0.2, -0.15) is 0 Å². The molecule has 4 rings (SSSR count). The number of likely N-dealkylation sites (N-methyl/N-ethyl adjacent to an activating group) is 2. The Balaban J connectivity index is 1.39. The van der Waals surface area contributed by atoms with Crippen molar-refractivity contribution < 1.29 is 4.79 Å². The summed E-state index contributed by atoms with van der Waals surface area (Å²) in [5.74, 6) is 0.0886. The van der Waals surface area contributed by atoms with E-state index in [1.165, 1.54) is 16.8 Å². The van der Waals surface area contributed by atoms with Crippen molar-refractivity contribution in [3.8, 4) is 0 Å². The predicted molar refractivity (Wildman–Crippen MR) is 119 cm³/mol. The predicted octanol–water partition coefficient (Wildman–Crippen LogP) is 3.21. The fraction of sp³-hybridized carbons (Fsp3) is 0.458.